The van der Waals surface area contributed by atoms with Crippen LogP contribution in [0.4, 0.5) is 0 Å². The molecule has 1 N–H and O–H groups in total. The number of aryl methyl sites for hydroxylation is 1. The number of ether oxygens (including phenoxy) is 1. The van der Waals surface area contributed by atoms with Crippen LogP contribution in [-0.2, 0) is 20.7 Å². The second kappa shape index (κ2) is 8.28. The lowest BCUT2D eigenvalue weighted by atomic mass is 9.90. The van der Waals surface area contributed by atoms with E-state index in [0.29, 0.717) is 32.0 Å². The maximum absolute atomic E-state index is 12.6. The molecule has 7 heteroatoms. The van der Waals surface area contributed by atoms with Crippen molar-refractivity contribution in [2.24, 2.45) is 5.92 Å². The quantitative estimate of drug-likeness (QED) is 0.767. The second-order valence-corrected chi connectivity index (χ2v) is 7.25. The molecule has 0 radical (unpaired) electrons. The molecule has 2 rings (SSSR count). The van der Waals surface area contributed by atoms with Crippen LogP contribution in [0.5, 0.6) is 0 Å². The first-order valence-electron chi connectivity index (χ1n) is 8.26. The van der Waals surface area contributed by atoms with Gasteiger partial charge in [0.2, 0.25) is 0 Å². The van der Waals surface area contributed by atoms with Crippen molar-refractivity contribution in [2.45, 2.75) is 44.9 Å². The Morgan fingerprint density at radius 2 is 2.13 bits per heavy atom. The summed E-state index contributed by atoms with van der Waals surface area (Å²) < 4.78 is 28.4. The zero-order valence-electron chi connectivity index (χ0n) is 14.2. The van der Waals surface area contributed by atoms with Gasteiger partial charge in [0.05, 0.1) is 18.9 Å². The van der Waals surface area contributed by atoms with E-state index in [2.05, 4.69) is 28.7 Å². The highest BCUT2D eigenvalue weighted by Gasteiger charge is 2.50. The van der Waals surface area contributed by atoms with Crippen LogP contribution in [0.25, 0.3) is 0 Å². The summed E-state index contributed by atoms with van der Waals surface area (Å²) in [5, 5.41) is 0. The normalized spacial score (nSPS) is 21.6. The summed E-state index contributed by atoms with van der Waals surface area (Å²) in [6.45, 7) is 8.47. The van der Waals surface area contributed by atoms with E-state index in [1.54, 1.807) is 0 Å². The Bertz CT molecular complexity index is 537. The van der Waals surface area contributed by atoms with E-state index >= 15 is 0 Å². The predicted octanol–water partition coefficient (Wildman–Crippen LogP) is 2.32. The van der Waals surface area contributed by atoms with Crippen molar-refractivity contribution in [1.29, 1.82) is 0 Å². The van der Waals surface area contributed by atoms with Gasteiger partial charge >= 0.3 is 0 Å². The van der Waals surface area contributed by atoms with Gasteiger partial charge in [-0.3, -0.25) is 4.90 Å². The lowest BCUT2D eigenvalue weighted by molar-refractivity contribution is -0.0160. The highest BCUT2D eigenvalue weighted by molar-refractivity contribution is 7.80. The van der Waals surface area contributed by atoms with Gasteiger partial charge in [-0.25, -0.2) is 14.2 Å². The van der Waals surface area contributed by atoms with Crippen LogP contribution >= 0.6 is 0 Å². The summed E-state index contributed by atoms with van der Waals surface area (Å²) in [5.74, 6) is 0.000633. The van der Waals surface area contributed by atoms with Gasteiger partial charge in [-0.2, -0.15) is 0 Å². The topological polar surface area (TPSA) is 75.5 Å². The molecule has 3 atom stereocenters. The summed E-state index contributed by atoms with van der Waals surface area (Å²) in [5.41, 5.74) is 1.44. The molecule has 1 fully saturated rings. The molecule has 1 aliphatic rings. The molecule has 0 saturated carbocycles. The van der Waals surface area contributed by atoms with Crippen LogP contribution in [0, 0.1) is 12.8 Å². The standard InChI is InChI=1S/C16H27N3O3S/c1-4-5-6-13(2)16(23(20)21,19-7-9-22-10-8-19)15-11-14(3)17-12-18-15/h11-13H,4-10H2,1-3H3,(H,20,21). The molecule has 0 amide bonds. The van der Waals surface area contributed by atoms with Gasteiger partial charge in [0.25, 0.3) is 0 Å². The van der Waals surface area contributed by atoms with E-state index in [-0.39, 0.29) is 5.92 Å². The Labute approximate surface area is 140 Å². The van der Waals surface area contributed by atoms with Crippen molar-refractivity contribution >= 4 is 11.1 Å². The Balaban J connectivity index is 2.51. The van der Waals surface area contributed by atoms with E-state index in [1.807, 2.05) is 13.0 Å². The monoisotopic (exact) mass is 341 g/mol. The van der Waals surface area contributed by atoms with Crippen molar-refractivity contribution in [2.75, 3.05) is 26.3 Å². The van der Waals surface area contributed by atoms with E-state index < -0.39 is 16.0 Å². The van der Waals surface area contributed by atoms with Crippen molar-refractivity contribution in [3.8, 4) is 0 Å². The molecule has 1 aliphatic heterocycles. The first kappa shape index (κ1) is 18.4. The van der Waals surface area contributed by atoms with Crippen molar-refractivity contribution in [3.63, 3.8) is 0 Å². The maximum Gasteiger partial charge on any atom is 0.180 e. The van der Waals surface area contributed by atoms with E-state index in [4.69, 9.17) is 4.74 Å². The lowest BCUT2D eigenvalue weighted by Gasteiger charge is -2.46. The average molecular weight is 341 g/mol. The minimum absolute atomic E-state index is 0.000633. The number of morpholine rings is 1. The van der Waals surface area contributed by atoms with Gasteiger partial charge in [-0.1, -0.05) is 26.7 Å². The number of nitrogens with zero attached hydrogens (tertiary/aromatic N) is 3. The summed E-state index contributed by atoms with van der Waals surface area (Å²) in [4.78, 5) is 9.61. The highest BCUT2D eigenvalue weighted by Crippen LogP contribution is 2.41. The minimum atomic E-state index is -2.07. The molecule has 130 valence electrons. The highest BCUT2D eigenvalue weighted by atomic mass is 32.2. The predicted molar refractivity (Wildman–Crippen MR) is 90.3 cm³/mol. The fourth-order valence-corrected chi connectivity index (χ4v) is 4.51. The van der Waals surface area contributed by atoms with Gasteiger partial charge in [0.1, 0.15) is 6.33 Å². The van der Waals surface area contributed by atoms with Gasteiger partial charge < -0.3 is 9.29 Å². The summed E-state index contributed by atoms with van der Waals surface area (Å²) >= 11 is -2.07. The SMILES string of the molecule is CCCCC(C)C(c1cc(C)ncn1)(N1CCOCC1)S(=O)O. The van der Waals surface area contributed by atoms with Crippen LogP contribution in [-0.4, -0.2) is 49.9 Å². The Morgan fingerprint density at radius 3 is 2.70 bits per heavy atom. The zero-order chi connectivity index (χ0) is 16.9. The summed E-state index contributed by atoms with van der Waals surface area (Å²) in [6, 6.07) is 1.84. The lowest BCUT2D eigenvalue weighted by Crippen LogP contribution is -2.57. The van der Waals surface area contributed by atoms with Crippen LogP contribution < -0.4 is 0 Å². The van der Waals surface area contributed by atoms with Crippen molar-refractivity contribution in [1.82, 2.24) is 14.9 Å². The molecule has 2 heterocycles. The summed E-state index contributed by atoms with van der Waals surface area (Å²) in [7, 11) is 0. The van der Waals surface area contributed by atoms with E-state index in [1.165, 1.54) is 6.33 Å². The molecule has 6 nitrogen and oxygen atoms in total. The Hall–Kier alpha value is -0.890. The van der Waals surface area contributed by atoms with Crippen LogP contribution in [0.2, 0.25) is 0 Å². The third-order valence-electron chi connectivity index (χ3n) is 4.58. The van der Waals surface area contributed by atoms with E-state index in [0.717, 1.165) is 25.0 Å². The average Bonchev–Trinajstić information content (AvgIpc) is 2.54. The zero-order valence-corrected chi connectivity index (χ0v) is 15.0. The molecule has 23 heavy (non-hydrogen) atoms. The van der Waals surface area contributed by atoms with Gasteiger partial charge in [-0.05, 0) is 25.3 Å². The van der Waals surface area contributed by atoms with Crippen LogP contribution in [0.1, 0.15) is 44.5 Å². The fraction of sp³-hybridized carbons (Fsp3) is 0.750. The van der Waals surface area contributed by atoms with Crippen LogP contribution in [0.15, 0.2) is 12.4 Å². The molecule has 3 unspecified atom stereocenters. The first-order chi connectivity index (χ1) is 11.0. The Morgan fingerprint density at radius 1 is 1.43 bits per heavy atom. The number of rotatable bonds is 7. The molecule has 0 aliphatic carbocycles. The van der Waals surface area contributed by atoms with Gasteiger partial charge in [0.15, 0.2) is 16.0 Å². The third-order valence-corrected chi connectivity index (χ3v) is 5.98. The second-order valence-electron chi connectivity index (χ2n) is 6.13. The van der Waals surface area contributed by atoms with Crippen molar-refractivity contribution in [3.05, 3.63) is 23.8 Å². The third kappa shape index (κ3) is 3.79. The molecule has 0 aromatic carbocycles. The Kier molecular flexibility index (Phi) is 6.64. The minimum Gasteiger partial charge on any atom is -0.379 e. The summed E-state index contributed by atoms with van der Waals surface area (Å²) in [6.07, 6.45) is 4.45. The smallest absolute Gasteiger partial charge is 0.180 e. The van der Waals surface area contributed by atoms with Gasteiger partial charge in [0, 0.05) is 18.8 Å². The van der Waals surface area contributed by atoms with Gasteiger partial charge in [-0.15, -0.1) is 0 Å². The molecular weight excluding hydrogens is 314 g/mol. The van der Waals surface area contributed by atoms with Crippen molar-refractivity contribution < 1.29 is 13.5 Å². The molecule has 0 bridgehead atoms. The number of aromatic nitrogens is 2. The molecule has 1 saturated heterocycles. The first-order valence-corrected chi connectivity index (χ1v) is 9.37. The molecule has 0 spiro atoms. The molecule has 1 aromatic rings. The largest absolute Gasteiger partial charge is 0.379 e. The molecule has 1 aromatic heterocycles. The van der Waals surface area contributed by atoms with Crippen LogP contribution in [0.3, 0.4) is 0 Å². The molecular formula is C16H27N3O3S. The number of hydrogen-bond donors (Lipinski definition) is 1. The maximum atomic E-state index is 12.6. The fourth-order valence-electron chi connectivity index (χ4n) is 3.35. The van der Waals surface area contributed by atoms with E-state index in [9.17, 15) is 8.76 Å². The number of hydrogen-bond acceptors (Lipinski definition) is 5. The number of unbranched alkanes of at least 4 members (excludes halogenated alkanes) is 1.